The van der Waals surface area contributed by atoms with Gasteiger partial charge in [-0.1, -0.05) is 24.3 Å². The molecule has 3 heterocycles. The molecule has 5 rings (SSSR count). The summed E-state index contributed by atoms with van der Waals surface area (Å²) in [7, 11) is 0. The number of aromatic nitrogens is 3. The van der Waals surface area contributed by atoms with Crippen LogP contribution in [0.4, 0.5) is 14.5 Å². The molecule has 6 nitrogen and oxygen atoms in total. The fraction of sp³-hybridized carbons (Fsp3) is 0.0833. The maximum atomic E-state index is 14.7. The minimum Gasteiger partial charge on any atom is -0.469 e. The fourth-order valence-corrected chi connectivity index (χ4v) is 3.72. The molecule has 1 aromatic heterocycles. The highest BCUT2D eigenvalue weighted by Crippen LogP contribution is 2.28. The van der Waals surface area contributed by atoms with Crippen molar-refractivity contribution in [3.8, 4) is 17.1 Å². The molecular formula is C24H18F2N4O2. The second kappa shape index (κ2) is 7.81. The molecule has 2 aliphatic rings. The van der Waals surface area contributed by atoms with Crippen LogP contribution >= 0.6 is 0 Å². The van der Waals surface area contributed by atoms with Gasteiger partial charge in [-0.3, -0.25) is 9.36 Å². The van der Waals surface area contributed by atoms with Gasteiger partial charge in [0, 0.05) is 18.2 Å². The van der Waals surface area contributed by atoms with Gasteiger partial charge in [0.2, 0.25) is 0 Å². The highest BCUT2D eigenvalue weighted by molar-refractivity contribution is 5.66. The largest absolute Gasteiger partial charge is 0.469 e. The first kappa shape index (κ1) is 19.7. The van der Waals surface area contributed by atoms with E-state index < -0.39 is 5.82 Å². The predicted octanol–water partition coefficient (Wildman–Crippen LogP) is 4.30. The van der Waals surface area contributed by atoms with Crippen LogP contribution in [0.25, 0.3) is 17.1 Å². The third kappa shape index (κ3) is 3.45. The number of anilines is 1. The zero-order valence-corrected chi connectivity index (χ0v) is 16.8. The number of nitrogens with two attached hydrogens (primary N) is 1. The summed E-state index contributed by atoms with van der Waals surface area (Å²) in [4.78, 5) is 20.8. The van der Waals surface area contributed by atoms with Crippen LogP contribution in [0.15, 0.2) is 76.3 Å². The number of hydrogen-bond donors (Lipinski definition) is 2. The van der Waals surface area contributed by atoms with Crippen molar-refractivity contribution >= 4 is 5.69 Å². The van der Waals surface area contributed by atoms with Crippen LogP contribution in [0.3, 0.4) is 0 Å². The first-order valence-electron chi connectivity index (χ1n) is 9.94. The zero-order chi connectivity index (χ0) is 22.2. The van der Waals surface area contributed by atoms with E-state index in [0.717, 1.165) is 0 Å². The van der Waals surface area contributed by atoms with Gasteiger partial charge in [0.1, 0.15) is 17.3 Å². The molecule has 0 saturated heterocycles. The van der Waals surface area contributed by atoms with Gasteiger partial charge in [0.05, 0.1) is 29.8 Å². The van der Waals surface area contributed by atoms with Crippen molar-refractivity contribution in [2.45, 2.75) is 12.8 Å². The molecule has 160 valence electrons. The smallest absolute Gasteiger partial charge is 0.278 e. The lowest BCUT2D eigenvalue weighted by Gasteiger charge is -2.14. The molecule has 8 heteroatoms. The number of benzene rings is 2. The average Bonchev–Trinajstić information content (AvgIpc) is 3.41. The number of nitrogens with one attached hydrogen (secondary N) is 1. The number of halogens is 2. The van der Waals surface area contributed by atoms with E-state index in [4.69, 9.17) is 10.2 Å². The molecule has 0 fully saturated rings. The Morgan fingerprint density at radius 2 is 1.88 bits per heavy atom. The van der Waals surface area contributed by atoms with Crippen LogP contribution < -0.4 is 11.3 Å². The third-order valence-corrected chi connectivity index (χ3v) is 5.31. The van der Waals surface area contributed by atoms with Crippen molar-refractivity contribution in [3.05, 3.63) is 112 Å². The molecule has 0 spiro atoms. The summed E-state index contributed by atoms with van der Waals surface area (Å²) in [6.45, 7) is 0. The first-order chi connectivity index (χ1) is 15.5. The predicted molar refractivity (Wildman–Crippen MR) is 116 cm³/mol. The number of fused-ring (bicyclic) bond motifs is 1. The van der Waals surface area contributed by atoms with Crippen LogP contribution in [0, 0.1) is 11.6 Å². The second-order valence-electron chi connectivity index (χ2n) is 7.44. The lowest BCUT2D eigenvalue weighted by Crippen LogP contribution is -2.18. The average molecular weight is 432 g/mol. The van der Waals surface area contributed by atoms with Gasteiger partial charge in [0.25, 0.3) is 5.56 Å². The fourth-order valence-electron chi connectivity index (χ4n) is 3.72. The van der Waals surface area contributed by atoms with Crippen LogP contribution in [-0.2, 0) is 12.8 Å². The Labute approximate surface area is 181 Å². The van der Waals surface area contributed by atoms with E-state index >= 15 is 0 Å². The van der Waals surface area contributed by atoms with E-state index in [2.05, 4.69) is 9.97 Å². The molecule has 32 heavy (non-hydrogen) atoms. The number of H-pyrrole nitrogens is 1. The van der Waals surface area contributed by atoms with Crippen molar-refractivity contribution in [1.29, 1.82) is 0 Å². The molecule has 0 radical (unpaired) electrons. The molecule has 3 aromatic rings. The second-order valence-corrected chi connectivity index (χ2v) is 7.44. The number of hydrogen-bond acceptors (Lipinski definition) is 4. The summed E-state index contributed by atoms with van der Waals surface area (Å²) in [6, 6.07) is 14.5. The summed E-state index contributed by atoms with van der Waals surface area (Å²) >= 11 is 0. The molecule has 0 amide bonds. The molecule has 0 atom stereocenters. The Hall–Kier alpha value is -4.20. The van der Waals surface area contributed by atoms with Crippen LogP contribution in [0.5, 0.6) is 0 Å². The number of nitrogen functional groups attached to an aromatic ring is 1. The Morgan fingerprint density at radius 1 is 1.03 bits per heavy atom. The van der Waals surface area contributed by atoms with E-state index in [0.29, 0.717) is 28.5 Å². The summed E-state index contributed by atoms with van der Waals surface area (Å²) in [5.41, 5.74) is 7.04. The lowest BCUT2D eigenvalue weighted by molar-refractivity contribution is 0.519. The van der Waals surface area contributed by atoms with E-state index in [-0.39, 0.29) is 41.2 Å². The first-order valence-corrected chi connectivity index (χ1v) is 9.94. The monoisotopic (exact) mass is 432 g/mol. The Kier molecular flexibility index (Phi) is 4.82. The van der Waals surface area contributed by atoms with Crippen molar-refractivity contribution in [3.63, 3.8) is 0 Å². The normalized spacial score (nSPS) is 11.3. The number of imidazole rings is 1. The lowest BCUT2D eigenvalue weighted by atomic mass is 10.1. The number of furan rings is 1. The molecule has 0 unspecified atom stereocenters. The van der Waals surface area contributed by atoms with Gasteiger partial charge in [-0.2, -0.15) is 0 Å². The third-order valence-electron chi connectivity index (χ3n) is 5.31. The summed E-state index contributed by atoms with van der Waals surface area (Å²) < 4.78 is 35.8. The van der Waals surface area contributed by atoms with Gasteiger partial charge in [-0.25, -0.2) is 13.8 Å². The SMILES string of the molecule is Nc1cccc(-c2cn3c(=O)c(Cc4ccco4)nc-3c(Cc3ccccc3F)[nH]2)c1F. The quantitative estimate of drug-likeness (QED) is 0.405. The van der Waals surface area contributed by atoms with E-state index in [9.17, 15) is 13.6 Å². The minimum absolute atomic E-state index is 0.0156. The number of nitrogens with zero attached hydrogens (tertiary/aromatic N) is 2. The maximum absolute atomic E-state index is 14.7. The van der Waals surface area contributed by atoms with Gasteiger partial charge in [-0.15, -0.1) is 0 Å². The molecule has 0 aliphatic carbocycles. The zero-order valence-electron chi connectivity index (χ0n) is 16.8. The van der Waals surface area contributed by atoms with Crippen molar-refractivity contribution in [2.75, 3.05) is 5.73 Å². The Bertz CT molecular complexity index is 1440. The molecule has 2 aromatic carbocycles. The number of rotatable bonds is 5. The molecular weight excluding hydrogens is 414 g/mol. The minimum atomic E-state index is -0.608. The maximum Gasteiger partial charge on any atom is 0.278 e. The van der Waals surface area contributed by atoms with Crippen LogP contribution in [-0.4, -0.2) is 14.5 Å². The van der Waals surface area contributed by atoms with Crippen molar-refractivity contribution in [1.82, 2.24) is 14.5 Å². The Balaban J connectivity index is 1.71. The summed E-state index contributed by atoms with van der Waals surface area (Å²) in [5.74, 6) is -0.0623. The van der Waals surface area contributed by atoms with Crippen molar-refractivity contribution < 1.29 is 13.2 Å². The number of aromatic amines is 1. The molecule has 0 saturated carbocycles. The van der Waals surface area contributed by atoms with Gasteiger partial charge in [-0.05, 0) is 35.9 Å². The van der Waals surface area contributed by atoms with Gasteiger partial charge in [0.15, 0.2) is 11.6 Å². The Morgan fingerprint density at radius 3 is 2.66 bits per heavy atom. The van der Waals surface area contributed by atoms with E-state index in [1.165, 1.54) is 29.2 Å². The molecule has 3 N–H and O–H groups in total. The van der Waals surface area contributed by atoms with Gasteiger partial charge < -0.3 is 15.1 Å². The van der Waals surface area contributed by atoms with Gasteiger partial charge >= 0.3 is 0 Å². The molecule has 0 bridgehead atoms. The standard InChI is InChI=1S/C24H18F2N4O2/c25-17-8-2-1-5-14(17)11-19-23-29-20(12-15-6-4-10-32-15)24(31)30(23)13-21(28-19)16-7-3-9-18(27)22(16)26/h1-10,13,28H,11-12,27H2. The van der Waals surface area contributed by atoms with Crippen molar-refractivity contribution in [2.24, 2.45) is 0 Å². The summed E-state index contributed by atoms with van der Waals surface area (Å²) in [6.07, 6.45) is 3.34. The highest BCUT2D eigenvalue weighted by atomic mass is 19.1. The highest BCUT2D eigenvalue weighted by Gasteiger charge is 2.22. The van der Waals surface area contributed by atoms with Crippen LogP contribution in [0.1, 0.15) is 22.7 Å². The van der Waals surface area contributed by atoms with E-state index in [1.54, 1.807) is 42.5 Å². The topological polar surface area (TPSA) is 89.8 Å². The summed E-state index contributed by atoms with van der Waals surface area (Å²) in [5, 5.41) is 0. The van der Waals surface area contributed by atoms with E-state index in [1.807, 2.05) is 0 Å². The molecule has 2 aliphatic heterocycles. The van der Waals surface area contributed by atoms with Crippen LogP contribution in [0.2, 0.25) is 0 Å².